The third-order valence-corrected chi connectivity index (χ3v) is 3.89. The van der Waals surface area contributed by atoms with Crippen molar-refractivity contribution in [2.24, 2.45) is 5.92 Å². The molecule has 1 aliphatic rings. The van der Waals surface area contributed by atoms with Gasteiger partial charge in [0, 0.05) is 32.0 Å². The summed E-state index contributed by atoms with van der Waals surface area (Å²) in [5.74, 6) is 0.551. The number of ether oxygens (including phenoxy) is 1. The zero-order valence-electron chi connectivity index (χ0n) is 10.6. The number of carbonyl (C=O) groups excluding carboxylic acids is 1. The fourth-order valence-corrected chi connectivity index (χ4v) is 2.61. The van der Waals surface area contributed by atoms with E-state index < -0.39 is 0 Å². The zero-order chi connectivity index (χ0) is 13.1. The average Bonchev–Trinajstić information content (AvgIpc) is 2.38. The number of hydrogen-bond acceptors (Lipinski definition) is 3. The van der Waals surface area contributed by atoms with Crippen molar-refractivity contribution in [2.45, 2.75) is 19.4 Å². The summed E-state index contributed by atoms with van der Waals surface area (Å²) in [4.78, 5) is 18.2. The molecule has 1 fully saturated rings. The number of piperidine rings is 1. The Bertz CT molecular complexity index is 439. The van der Waals surface area contributed by atoms with Crippen molar-refractivity contribution < 1.29 is 9.53 Å². The van der Waals surface area contributed by atoms with Crippen LogP contribution in [0.25, 0.3) is 0 Å². The third-order valence-electron chi connectivity index (χ3n) is 3.45. The van der Waals surface area contributed by atoms with E-state index in [4.69, 9.17) is 4.74 Å². The molecular weight excluding hydrogens is 296 g/mol. The van der Waals surface area contributed by atoms with Crippen LogP contribution in [0.4, 0.5) is 0 Å². The molecule has 0 saturated carbocycles. The lowest BCUT2D eigenvalue weighted by atomic mass is 9.95. The first kappa shape index (κ1) is 13.5. The highest BCUT2D eigenvalue weighted by atomic mass is 79.9. The minimum atomic E-state index is 0.0482. The Hall–Kier alpha value is -0.940. The van der Waals surface area contributed by atoms with Crippen molar-refractivity contribution in [1.29, 1.82) is 0 Å². The maximum Gasteiger partial charge on any atom is 0.254 e. The number of aromatic nitrogens is 1. The van der Waals surface area contributed by atoms with Crippen molar-refractivity contribution in [3.63, 3.8) is 0 Å². The molecule has 5 heteroatoms. The van der Waals surface area contributed by atoms with E-state index in [1.165, 1.54) is 0 Å². The first-order valence-electron chi connectivity index (χ1n) is 6.05. The molecule has 0 bridgehead atoms. The van der Waals surface area contributed by atoms with E-state index in [2.05, 4.69) is 27.8 Å². The average molecular weight is 313 g/mol. The molecule has 2 atom stereocenters. The highest BCUT2D eigenvalue weighted by molar-refractivity contribution is 9.10. The Labute approximate surface area is 115 Å². The molecule has 2 unspecified atom stereocenters. The van der Waals surface area contributed by atoms with Crippen molar-refractivity contribution in [1.82, 2.24) is 9.88 Å². The molecule has 4 nitrogen and oxygen atoms in total. The number of rotatable bonds is 2. The van der Waals surface area contributed by atoms with Gasteiger partial charge in [-0.3, -0.25) is 4.79 Å². The minimum absolute atomic E-state index is 0.0482. The van der Waals surface area contributed by atoms with E-state index in [0.29, 0.717) is 22.6 Å². The van der Waals surface area contributed by atoms with Gasteiger partial charge in [0.25, 0.3) is 5.91 Å². The highest BCUT2D eigenvalue weighted by Crippen LogP contribution is 2.21. The lowest BCUT2D eigenvalue weighted by Gasteiger charge is -2.36. The van der Waals surface area contributed by atoms with Crippen LogP contribution < -0.4 is 0 Å². The Morgan fingerprint density at radius 2 is 2.39 bits per heavy atom. The van der Waals surface area contributed by atoms with Gasteiger partial charge in [0.15, 0.2) is 0 Å². The van der Waals surface area contributed by atoms with Crippen LogP contribution in [0.1, 0.15) is 23.7 Å². The van der Waals surface area contributed by atoms with Crippen molar-refractivity contribution >= 4 is 21.8 Å². The quantitative estimate of drug-likeness (QED) is 0.787. The van der Waals surface area contributed by atoms with Gasteiger partial charge in [0.1, 0.15) is 4.60 Å². The standard InChI is InChI=1S/C13H17BrN2O2/c1-9-4-6-16(8-11(9)18-2)13(17)10-3-5-15-12(14)7-10/h3,5,7,9,11H,4,6,8H2,1-2H3. The molecule has 18 heavy (non-hydrogen) atoms. The molecule has 1 aromatic rings. The van der Waals surface area contributed by atoms with E-state index in [1.807, 2.05) is 4.90 Å². The van der Waals surface area contributed by atoms with Crippen LogP contribution in [0.5, 0.6) is 0 Å². The maximum atomic E-state index is 12.3. The molecule has 1 amide bonds. The Kier molecular flexibility index (Phi) is 4.35. The van der Waals surface area contributed by atoms with Crippen molar-refractivity contribution in [3.8, 4) is 0 Å². The largest absolute Gasteiger partial charge is 0.379 e. The highest BCUT2D eigenvalue weighted by Gasteiger charge is 2.29. The summed E-state index contributed by atoms with van der Waals surface area (Å²) in [6, 6.07) is 3.50. The predicted molar refractivity (Wildman–Crippen MR) is 72.4 cm³/mol. The summed E-state index contributed by atoms with van der Waals surface area (Å²) in [7, 11) is 1.71. The van der Waals surface area contributed by atoms with Gasteiger partial charge >= 0.3 is 0 Å². The molecule has 0 aliphatic carbocycles. The fraction of sp³-hybridized carbons (Fsp3) is 0.538. The summed E-state index contributed by atoms with van der Waals surface area (Å²) in [5.41, 5.74) is 0.668. The lowest BCUT2D eigenvalue weighted by Crippen LogP contribution is -2.46. The molecule has 2 rings (SSSR count). The van der Waals surface area contributed by atoms with Gasteiger partial charge in [-0.15, -0.1) is 0 Å². The Balaban J connectivity index is 2.10. The summed E-state index contributed by atoms with van der Waals surface area (Å²) in [5, 5.41) is 0. The van der Waals surface area contributed by atoms with E-state index in [-0.39, 0.29) is 12.0 Å². The number of likely N-dealkylation sites (tertiary alicyclic amines) is 1. The van der Waals surface area contributed by atoms with Crippen LogP contribution in [-0.2, 0) is 4.74 Å². The first-order valence-corrected chi connectivity index (χ1v) is 6.84. The Morgan fingerprint density at radius 3 is 3.06 bits per heavy atom. The molecule has 1 aromatic heterocycles. The number of carbonyl (C=O) groups is 1. The van der Waals surface area contributed by atoms with Gasteiger partial charge in [-0.05, 0) is 40.4 Å². The number of hydrogen-bond donors (Lipinski definition) is 0. The van der Waals surface area contributed by atoms with E-state index in [1.54, 1.807) is 25.4 Å². The number of nitrogens with zero attached hydrogens (tertiary/aromatic N) is 2. The van der Waals surface area contributed by atoms with Gasteiger partial charge in [0.05, 0.1) is 6.10 Å². The second kappa shape index (κ2) is 5.80. The monoisotopic (exact) mass is 312 g/mol. The molecule has 1 saturated heterocycles. The van der Waals surface area contributed by atoms with Crippen LogP contribution >= 0.6 is 15.9 Å². The molecule has 2 heterocycles. The Morgan fingerprint density at radius 1 is 1.61 bits per heavy atom. The molecule has 1 aliphatic heterocycles. The van der Waals surface area contributed by atoms with Crippen molar-refractivity contribution in [2.75, 3.05) is 20.2 Å². The second-order valence-corrected chi connectivity index (χ2v) is 5.47. The van der Waals surface area contributed by atoms with Crippen LogP contribution in [0.3, 0.4) is 0 Å². The van der Waals surface area contributed by atoms with Crippen LogP contribution in [0.15, 0.2) is 22.9 Å². The van der Waals surface area contributed by atoms with Crippen LogP contribution in [0.2, 0.25) is 0 Å². The van der Waals surface area contributed by atoms with Gasteiger partial charge in [-0.25, -0.2) is 4.98 Å². The summed E-state index contributed by atoms with van der Waals surface area (Å²) < 4.78 is 6.11. The lowest BCUT2D eigenvalue weighted by molar-refractivity contribution is -0.00157. The molecule has 0 N–H and O–H groups in total. The molecule has 0 radical (unpaired) electrons. The topological polar surface area (TPSA) is 42.4 Å². The van der Waals surface area contributed by atoms with Gasteiger partial charge in [-0.2, -0.15) is 0 Å². The van der Waals surface area contributed by atoms with Gasteiger partial charge in [0.2, 0.25) is 0 Å². The van der Waals surface area contributed by atoms with E-state index in [9.17, 15) is 4.79 Å². The molecule has 0 spiro atoms. The summed E-state index contributed by atoms with van der Waals surface area (Å²) in [6.07, 6.45) is 2.75. The predicted octanol–water partition coefficient (Wildman–Crippen LogP) is 2.34. The molecule has 98 valence electrons. The normalized spacial score (nSPS) is 24.1. The van der Waals surface area contributed by atoms with Gasteiger partial charge in [-0.1, -0.05) is 6.92 Å². The van der Waals surface area contributed by atoms with Gasteiger partial charge < -0.3 is 9.64 Å². The SMILES string of the molecule is COC1CN(C(=O)c2ccnc(Br)c2)CCC1C. The number of halogens is 1. The smallest absolute Gasteiger partial charge is 0.254 e. The summed E-state index contributed by atoms with van der Waals surface area (Å²) in [6.45, 7) is 3.62. The third kappa shape index (κ3) is 2.90. The van der Waals surface area contributed by atoms with E-state index in [0.717, 1.165) is 13.0 Å². The molecular formula is C13H17BrN2O2. The number of amides is 1. The first-order chi connectivity index (χ1) is 8.61. The zero-order valence-corrected chi connectivity index (χ0v) is 12.2. The van der Waals surface area contributed by atoms with Crippen LogP contribution in [0, 0.1) is 5.92 Å². The number of pyridine rings is 1. The number of methoxy groups -OCH3 is 1. The summed E-state index contributed by atoms with van der Waals surface area (Å²) >= 11 is 3.28. The van der Waals surface area contributed by atoms with Crippen molar-refractivity contribution in [3.05, 3.63) is 28.5 Å². The van der Waals surface area contributed by atoms with Crippen LogP contribution in [-0.4, -0.2) is 42.1 Å². The second-order valence-electron chi connectivity index (χ2n) is 4.66. The van der Waals surface area contributed by atoms with E-state index >= 15 is 0 Å². The maximum absolute atomic E-state index is 12.3. The minimum Gasteiger partial charge on any atom is -0.379 e. The molecule has 0 aromatic carbocycles. The fourth-order valence-electron chi connectivity index (χ4n) is 2.24.